The lowest BCUT2D eigenvalue weighted by molar-refractivity contribution is 0.482. The molecule has 0 unspecified atom stereocenters. The molecule has 0 aliphatic rings. The first-order valence-corrected chi connectivity index (χ1v) is 7.23. The van der Waals surface area contributed by atoms with Crippen LogP contribution < -0.4 is 4.74 Å². The van der Waals surface area contributed by atoms with Gasteiger partial charge in [-0.2, -0.15) is 0 Å². The Labute approximate surface area is 130 Å². The summed E-state index contributed by atoms with van der Waals surface area (Å²) in [6.07, 6.45) is 0. The van der Waals surface area contributed by atoms with E-state index in [1.807, 2.05) is 24.3 Å². The van der Waals surface area contributed by atoms with Gasteiger partial charge in [-0.15, -0.1) is 0 Å². The number of hydrogen-bond donors (Lipinski definition) is 0. The first-order valence-electron chi connectivity index (χ1n) is 7.23. The molecule has 0 N–H and O–H groups in total. The van der Waals surface area contributed by atoms with Crippen LogP contribution in [0.25, 0.3) is 11.1 Å². The molecule has 0 amide bonds. The molecule has 3 aromatic rings. The fourth-order valence-corrected chi connectivity index (χ4v) is 2.45. The van der Waals surface area contributed by atoms with E-state index in [0.29, 0.717) is 5.75 Å². The summed E-state index contributed by atoms with van der Waals surface area (Å²) >= 11 is 0. The van der Waals surface area contributed by atoms with E-state index in [2.05, 4.69) is 32.0 Å². The zero-order valence-electron chi connectivity index (χ0n) is 12.6. The third-order valence-corrected chi connectivity index (χ3v) is 3.61. The average molecular weight is 292 g/mol. The van der Waals surface area contributed by atoms with Crippen LogP contribution in [-0.2, 0) is 0 Å². The van der Waals surface area contributed by atoms with Gasteiger partial charge < -0.3 is 4.74 Å². The Hall–Kier alpha value is -2.61. The van der Waals surface area contributed by atoms with Gasteiger partial charge in [-0.1, -0.05) is 35.9 Å². The van der Waals surface area contributed by atoms with E-state index in [-0.39, 0.29) is 5.82 Å². The van der Waals surface area contributed by atoms with Gasteiger partial charge in [0.15, 0.2) is 0 Å². The standard InChI is InChI=1S/C20H17FO/c1-14-7-12-20(22-17-10-8-16(21)9-11-17)19(13-14)18-6-4-3-5-15(18)2/h3-13H,1-2H3. The molecule has 0 heterocycles. The molecule has 3 rings (SSSR count). The van der Waals surface area contributed by atoms with Crippen LogP contribution in [0.4, 0.5) is 4.39 Å². The van der Waals surface area contributed by atoms with Crippen molar-refractivity contribution in [2.75, 3.05) is 0 Å². The Morgan fingerprint density at radius 2 is 1.50 bits per heavy atom. The largest absolute Gasteiger partial charge is 0.457 e. The molecule has 2 heteroatoms. The molecule has 0 bridgehead atoms. The molecule has 110 valence electrons. The Morgan fingerprint density at radius 3 is 2.23 bits per heavy atom. The summed E-state index contributed by atoms with van der Waals surface area (Å²) in [4.78, 5) is 0. The van der Waals surface area contributed by atoms with Gasteiger partial charge in [-0.25, -0.2) is 4.39 Å². The number of rotatable bonds is 3. The number of hydrogen-bond acceptors (Lipinski definition) is 1. The smallest absolute Gasteiger partial charge is 0.135 e. The first-order chi connectivity index (χ1) is 10.6. The van der Waals surface area contributed by atoms with Crippen LogP contribution in [-0.4, -0.2) is 0 Å². The zero-order chi connectivity index (χ0) is 15.5. The topological polar surface area (TPSA) is 9.23 Å². The van der Waals surface area contributed by atoms with Crippen LogP contribution >= 0.6 is 0 Å². The molecule has 1 nitrogen and oxygen atoms in total. The predicted octanol–water partition coefficient (Wildman–Crippen LogP) is 5.90. The lowest BCUT2D eigenvalue weighted by Gasteiger charge is -2.14. The van der Waals surface area contributed by atoms with Crippen molar-refractivity contribution in [3.8, 4) is 22.6 Å². The van der Waals surface area contributed by atoms with Crippen molar-refractivity contribution in [3.63, 3.8) is 0 Å². The maximum atomic E-state index is 13.0. The van der Waals surface area contributed by atoms with Crippen LogP contribution in [0.3, 0.4) is 0 Å². The maximum absolute atomic E-state index is 13.0. The third-order valence-electron chi connectivity index (χ3n) is 3.61. The summed E-state index contributed by atoms with van der Waals surface area (Å²) in [5.74, 6) is 1.13. The van der Waals surface area contributed by atoms with E-state index in [0.717, 1.165) is 16.9 Å². The van der Waals surface area contributed by atoms with Crippen molar-refractivity contribution in [2.45, 2.75) is 13.8 Å². The number of aryl methyl sites for hydroxylation is 2. The van der Waals surface area contributed by atoms with Crippen LogP contribution in [0, 0.1) is 19.7 Å². The van der Waals surface area contributed by atoms with Gasteiger partial charge in [0.05, 0.1) is 0 Å². The van der Waals surface area contributed by atoms with Crippen molar-refractivity contribution in [1.82, 2.24) is 0 Å². The van der Waals surface area contributed by atoms with E-state index in [9.17, 15) is 4.39 Å². The SMILES string of the molecule is Cc1ccc(Oc2ccc(F)cc2)c(-c2ccccc2C)c1. The zero-order valence-corrected chi connectivity index (χ0v) is 12.6. The Kier molecular flexibility index (Phi) is 3.92. The molecular weight excluding hydrogens is 275 g/mol. The second-order valence-electron chi connectivity index (χ2n) is 5.37. The van der Waals surface area contributed by atoms with Gasteiger partial charge in [-0.3, -0.25) is 0 Å². The van der Waals surface area contributed by atoms with Crippen LogP contribution in [0.5, 0.6) is 11.5 Å². The summed E-state index contributed by atoms with van der Waals surface area (Å²) in [7, 11) is 0. The molecule has 0 saturated carbocycles. The molecule has 0 spiro atoms. The van der Waals surface area contributed by atoms with Gasteiger partial charge in [0.1, 0.15) is 17.3 Å². The third kappa shape index (κ3) is 3.01. The molecule has 0 atom stereocenters. The number of benzene rings is 3. The van der Waals surface area contributed by atoms with E-state index in [4.69, 9.17) is 4.74 Å². The van der Waals surface area contributed by atoms with Gasteiger partial charge >= 0.3 is 0 Å². The van der Waals surface area contributed by atoms with Crippen molar-refractivity contribution in [1.29, 1.82) is 0 Å². The fourth-order valence-electron chi connectivity index (χ4n) is 2.45. The highest BCUT2D eigenvalue weighted by atomic mass is 19.1. The van der Waals surface area contributed by atoms with E-state index < -0.39 is 0 Å². The minimum atomic E-state index is -0.268. The second-order valence-corrected chi connectivity index (χ2v) is 5.37. The molecule has 0 fully saturated rings. The molecule has 0 aliphatic heterocycles. The molecule has 22 heavy (non-hydrogen) atoms. The van der Waals surface area contributed by atoms with Crippen molar-refractivity contribution in [2.24, 2.45) is 0 Å². The Bertz CT molecular complexity index is 791. The highest BCUT2D eigenvalue weighted by Crippen LogP contribution is 2.35. The maximum Gasteiger partial charge on any atom is 0.135 e. The van der Waals surface area contributed by atoms with Gasteiger partial charge in [0.25, 0.3) is 0 Å². The van der Waals surface area contributed by atoms with E-state index >= 15 is 0 Å². The van der Waals surface area contributed by atoms with Crippen molar-refractivity contribution < 1.29 is 9.13 Å². The summed E-state index contributed by atoms with van der Waals surface area (Å²) in [6, 6.07) is 20.4. The lowest BCUT2D eigenvalue weighted by Crippen LogP contribution is -1.91. The monoisotopic (exact) mass is 292 g/mol. The van der Waals surface area contributed by atoms with Crippen LogP contribution in [0.2, 0.25) is 0 Å². The lowest BCUT2D eigenvalue weighted by atomic mass is 9.98. The fraction of sp³-hybridized carbons (Fsp3) is 0.100. The summed E-state index contributed by atoms with van der Waals surface area (Å²) < 4.78 is 19.0. The van der Waals surface area contributed by atoms with E-state index in [1.165, 1.54) is 23.3 Å². The molecule has 0 aliphatic carbocycles. The summed E-state index contributed by atoms with van der Waals surface area (Å²) in [6.45, 7) is 4.14. The molecule has 3 aromatic carbocycles. The van der Waals surface area contributed by atoms with Crippen LogP contribution in [0.15, 0.2) is 66.7 Å². The summed E-state index contributed by atoms with van der Waals surface area (Å²) in [5.41, 5.74) is 4.55. The predicted molar refractivity (Wildman–Crippen MR) is 87.8 cm³/mol. The minimum absolute atomic E-state index is 0.268. The average Bonchev–Trinajstić information content (AvgIpc) is 2.52. The van der Waals surface area contributed by atoms with Crippen LogP contribution in [0.1, 0.15) is 11.1 Å². The Balaban J connectivity index is 2.05. The first kappa shape index (κ1) is 14.3. The summed E-state index contributed by atoms with van der Waals surface area (Å²) in [5, 5.41) is 0. The second kappa shape index (κ2) is 6.02. The van der Waals surface area contributed by atoms with Gasteiger partial charge in [-0.05, 0) is 61.4 Å². The normalized spacial score (nSPS) is 10.5. The molecular formula is C20H17FO. The van der Waals surface area contributed by atoms with Crippen molar-refractivity contribution in [3.05, 3.63) is 83.7 Å². The Morgan fingerprint density at radius 1 is 0.773 bits per heavy atom. The highest BCUT2D eigenvalue weighted by molar-refractivity contribution is 5.74. The molecule has 0 saturated heterocycles. The van der Waals surface area contributed by atoms with Gasteiger partial charge in [0.2, 0.25) is 0 Å². The molecule has 0 aromatic heterocycles. The van der Waals surface area contributed by atoms with E-state index in [1.54, 1.807) is 12.1 Å². The minimum Gasteiger partial charge on any atom is -0.457 e. The number of halogens is 1. The number of ether oxygens (including phenoxy) is 1. The van der Waals surface area contributed by atoms with Gasteiger partial charge in [0, 0.05) is 5.56 Å². The molecule has 0 radical (unpaired) electrons. The quantitative estimate of drug-likeness (QED) is 0.583. The van der Waals surface area contributed by atoms with Crippen molar-refractivity contribution >= 4 is 0 Å². The highest BCUT2D eigenvalue weighted by Gasteiger charge is 2.10.